The molecule has 3 aromatic rings. The second-order valence-electron chi connectivity index (χ2n) is 4.70. The average molecular weight is 279 g/mol. The van der Waals surface area contributed by atoms with E-state index in [4.69, 9.17) is 5.11 Å². The number of carbonyl (C=O) groups is 1. The van der Waals surface area contributed by atoms with E-state index >= 15 is 0 Å². The summed E-state index contributed by atoms with van der Waals surface area (Å²) in [7, 11) is 0. The standard InChI is InChI=1S/C16H13N3O2/c1-11-5-6-17-14(9-11)19-8-7-18-15(19)12-3-2-4-13(10-12)16(20)21/h2-10H,1H3,(H,20,21). The number of nitrogens with zero attached hydrogens (tertiary/aromatic N) is 3. The number of hydrogen-bond acceptors (Lipinski definition) is 3. The molecular weight excluding hydrogens is 266 g/mol. The number of aryl methyl sites for hydroxylation is 1. The van der Waals surface area contributed by atoms with Gasteiger partial charge in [-0.15, -0.1) is 0 Å². The second-order valence-corrected chi connectivity index (χ2v) is 4.70. The number of aromatic carboxylic acids is 1. The summed E-state index contributed by atoms with van der Waals surface area (Å²) in [5, 5.41) is 9.09. The molecule has 2 aromatic heterocycles. The first-order chi connectivity index (χ1) is 10.1. The van der Waals surface area contributed by atoms with E-state index in [-0.39, 0.29) is 5.56 Å². The molecule has 2 heterocycles. The molecule has 5 heteroatoms. The third kappa shape index (κ3) is 2.53. The van der Waals surface area contributed by atoms with Crippen molar-refractivity contribution in [2.75, 3.05) is 0 Å². The van der Waals surface area contributed by atoms with Crippen molar-refractivity contribution >= 4 is 5.97 Å². The normalized spacial score (nSPS) is 10.5. The zero-order valence-electron chi connectivity index (χ0n) is 11.4. The van der Waals surface area contributed by atoms with Gasteiger partial charge in [0.15, 0.2) is 0 Å². The Morgan fingerprint density at radius 3 is 2.76 bits per heavy atom. The van der Waals surface area contributed by atoms with Crippen molar-refractivity contribution in [2.24, 2.45) is 0 Å². The molecule has 0 saturated heterocycles. The van der Waals surface area contributed by atoms with Crippen molar-refractivity contribution in [2.45, 2.75) is 6.92 Å². The van der Waals surface area contributed by atoms with Crippen LogP contribution in [0.3, 0.4) is 0 Å². The molecule has 0 aliphatic carbocycles. The third-order valence-electron chi connectivity index (χ3n) is 3.16. The first-order valence-electron chi connectivity index (χ1n) is 6.45. The van der Waals surface area contributed by atoms with Crippen molar-refractivity contribution in [3.63, 3.8) is 0 Å². The molecular formula is C16H13N3O2. The van der Waals surface area contributed by atoms with Crippen LogP contribution in [-0.4, -0.2) is 25.6 Å². The van der Waals surface area contributed by atoms with E-state index in [2.05, 4.69) is 9.97 Å². The topological polar surface area (TPSA) is 68.0 Å². The summed E-state index contributed by atoms with van der Waals surface area (Å²) in [4.78, 5) is 19.7. The van der Waals surface area contributed by atoms with Crippen LogP contribution in [0.25, 0.3) is 17.2 Å². The lowest BCUT2D eigenvalue weighted by Crippen LogP contribution is -2.01. The van der Waals surface area contributed by atoms with Gasteiger partial charge in [0, 0.05) is 24.2 Å². The minimum Gasteiger partial charge on any atom is -0.478 e. The van der Waals surface area contributed by atoms with Crippen molar-refractivity contribution in [1.29, 1.82) is 0 Å². The SMILES string of the molecule is Cc1ccnc(-n2ccnc2-c2cccc(C(=O)O)c2)c1. The molecule has 104 valence electrons. The maximum Gasteiger partial charge on any atom is 0.335 e. The molecule has 0 bridgehead atoms. The quantitative estimate of drug-likeness (QED) is 0.800. The third-order valence-corrected chi connectivity index (χ3v) is 3.16. The lowest BCUT2D eigenvalue weighted by molar-refractivity contribution is 0.0697. The monoisotopic (exact) mass is 279 g/mol. The summed E-state index contributed by atoms with van der Waals surface area (Å²) >= 11 is 0. The van der Waals surface area contributed by atoms with Crippen LogP contribution in [0.1, 0.15) is 15.9 Å². The molecule has 0 aliphatic heterocycles. The van der Waals surface area contributed by atoms with Gasteiger partial charge in [-0.2, -0.15) is 0 Å². The Hall–Kier alpha value is -2.95. The van der Waals surface area contributed by atoms with E-state index in [9.17, 15) is 4.79 Å². The van der Waals surface area contributed by atoms with Crippen LogP contribution in [0.4, 0.5) is 0 Å². The van der Waals surface area contributed by atoms with Crippen LogP contribution in [-0.2, 0) is 0 Å². The van der Waals surface area contributed by atoms with E-state index in [1.54, 1.807) is 30.6 Å². The Kier molecular flexibility index (Phi) is 3.23. The smallest absolute Gasteiger partial charge is 0.335 e. The van der Waals surface area contributed by atoms with Crippen molar-refractivity contribution < 1.29 is 9.90 Å². The molecule has 0 spiro atoms. The van der Waals surface area contributed by atoms with Crippen LogP contribution in [0, 0.1) is 6.92 Å². The highest BCUT2D eigenvalue weighted by molar-refractivity contribution is 5.89. The molecule has 0 saturated carbocycles. The maximum atomic E-state index is 11.1. The molecule has 21 heavy (non-hydrogen) atoms. The van der Waals surface area contributed by atoms with Gasteiger partial charge in [0.25, 0.3) is 0 Å². The predicted molar refractivity (Wildman–Crippen MR) is 78.5 cm³/mol. The van der Waals surface area contributed by atoms with Crippen LogP contribution >= 0.6 is 0 Å². The Labute approximate surface area is 121 Å². The van der Waals surface area contributed by atoms with Gasteiger partial charge in [-0.25, -0.2) is 14.8 Å². The fourth-order valence-electron chi connectivity index (χ4n) is 2.15. The van der Waals surface area contributed by atoms with E-state index in [1.165, 1.54) is 0 Å². The Morgan fingerprint density at radius 1 is 1.14 bits per heavy atom. The first kappa shape index (κ1) is 13.1. The van der Waals surface area contributed by atoms with Crippen LogP contribution in [0.15, 0.2) is 55.0 Å². The highest BCUT2D eigenvalue weighted by atomic mass is 16.4. The molecule has 3 rings (SSSR count). The molecule has 0 amide bonds. The lowest BCUT2D eigenvalue weighted by atomic mass is 10.1. The Balaban J connectivity index is 2.11. The van der Waals surface area contributed by atoms with Crippen LogP contribution in [0.2, 0.25) is 0 Å². The van der Waals surface area contributed by atoms with Gasteiger partial charge in [0.05, 0.1) is 5.56 Å². The number of aromatic nitrogens is 3. The molecule has 5 nitrogen and oxygen atoms in total. The van der Waals surface area contributed by atoms with Crippen molar-refractivity contribution in [1.82, 2.24) is 14.5 Å². The Bertz CT molecular complexity index is 809. The summed E-state index contributed by atoms with van der Waals surface area (Å²) in [6, 6.07) is 10.6. The number of imidazole rings is 1. The summed E-state index contributed by atoms with van der Waals surface area (Å²) in [6.07, 6.45) is 5.22. The van der Waals surface area contributed by atoms with E-state index in [1.807, 2.05) is 35.9 Å². The summed E-state index contributed by atoms with van der Waals surface area (Å²) in [5.74, 6) is 0.461. The average Bonchev–Trinajstić information content (AvgIpc) is 2.97. The molecule has 0 radical (unpaired) electrons. The van der Waals surface area contributed by atoms with E-state index < -0.39 is 5.97 Å². The molecule has 1 aromatic carbocycles. The predicted octanol–water partition coefficient (Wildman–Crippen LogP) is 2.94. The van der Waals surface area contributed by atoms with E-state index in [0.717, 1.165) is 16.9 Å². The van der Waals surface area contributed by atoms with Gasteiger partial charge in [-0.3, -0.25) is 4.57 Å². The molecule has 0 fully saturated rings. The molecule has 0 unspecified atom stereocenters. The number of rotatable bonds is 3. The van der Waals surface area contributed by atoms with Gasteiger partial charge in [-0.1, -0.05) is 12.1 Å². The van der Waals surface area contributed by atoms with Crippen LogP contribution < -0.4 is 0 Å². The zero-order chi connectivity index (χ0) is 14.8. The van der Waals surface area contributed by atoms with Gasteiger partial charge in [-0.05, 0) is 36.8 Å². The first-order valence-corrected chi connectivity index (χ1v) is 6.45. The number of benzene rings is 1. The van der Waals surface area contributed by atoms with Gasteiger partial charge in [0.1, 0.15) is 11.6 Å². The molecule has 0 aliphatic rings. The minimum absolute atomic E-state index is 0.235. The second kappa shape index (κ2) is 5.20. The van der Waals surface area contributed by atoms with Crippen LogP contribution in [0.5, 0.6) is 0 Å². The minimum atomic E-state index is -0.955. The summed E-state index contributed by atoms with van der Waals surface area (Å²) in [6.45, 7) is 1.99. The van der Waals surface area contributed by atoms with Gasteiger partial charge >= 0.3 is 5.97 Å². The van der Waals surface area contributed by atoms with Gasteiger partial charge in [0.2, 0.25) is 0 Å². The number of hydrogen-bond donors (Lipinski definition) is 1. The Morgan fingerprint density at radius 2 is 2.00 bits per heavy atom. The van der Waals surface area contributed by atoms with Crippen molar-refractivity contribution in [3.8, 4) is 17.2 Å². The maximum absolute atomic E-state index is 11.1. The highest BCUT2D eigenvalue weighted by Crippen LogP contribution is 2.21. The van der Waals surface area contributed by atoms with Gasteiger partial charge < -0.3 is 5.11 Å². The lowest BCUT2D eigenvalue weighted by Gasteiger charge is -2.08. The molecule has 0 atom stereocenters. The number of carboxylic acids is 1. The molecule has 1 N–H and O–H groups in total. The number of pyridine rings is 1. The highest BCUT2D eigenvalue weighted by Gasteiger charge is 2.11. The largest absolute Gasteiger partial charge is 0.478 e. The van der Waals surface area contributed by atoms with E-state index in [0.29, 0.717) is 5.82 Å². The number of carboxylic acid groups (broad SMARTS) is 1. The summed E-state index contributed by atoms with van der Waals surface area (Å²) in [5.41, 5.74) is 2.07. The zero-order valence-corrected chi connectivity index (χ0v) is 11.4. The fraction of sp³-hybridized carbons (Fsp3) is 0.0625. The fourth-order valence-corrected chi connectivity index (χ4v) is 2.15. The van der Waals surface area contributed by atoms with Crippen molar-refractivity contribution in [3.05, 3.63) is 66.1 Å². The summed E-state index contributed by atoms with van der Waals surface area (Å²) < 4.78 is 1.84.